The summed E-state index contributed by atoms with van der Waals surface area (Å²) in [5, 5.41) is 14.2. The van der Waals surface area contributed by atoms with E-state index in [-0.39, 0.29) is 0 Å². The Balaban J connectivity index is 2.10. The minimum atomic E-state index is -0.573. The lowest BCUT2D eigenvalue weighted by molar-refractivity contribution is 0.189. The summed E-state index contributed by atoms with van der Waals surface area (Å²) in [6.45, 7) is 6.28. The molecule has 1 unspecified atom stereocenters. The molecule has 0 saturated heterocycles. The van der Waals surface area contributed by atoms with Gasteiger partial charge in [0.05, 0.1) is 11.8 Å². The van der Waals surface area contributed by atoms with Crippen LogP contribution in [-0.4, -0.2) is 14.9 Å². The normalized spacial score (nSPS) is 12.7. The number of benzene rings is 1. The Hall–Kier alpha value is -1.33. The number of halogens is 1. The maximum atomic E-state index is 9.78. The molecule has 0 saturated carbocycles. The summed E-state index contributed by atoms with van der Waals surface area (Å²) in [7, 11) is 0. The number of aromatic nitrogens is 2. The van der Waals surface area contributed by atoms with Gasteiger partial charge in [-0.05, 0) is 45.0 Å². The second kappa shape index (κ2) is 6.41. The fourth-order valence-corrected chi connectivity index (χ4v) is 2.25. The van der Waals surface area contributed by atoms with Crippen LogP contribution in [0.1, 0.15) is 44.2 Å². The van der Waals surface area contributed by atoms with Gasteiger partial charge in [0.2, 0.25) is 0 Å². The summed E-state index contributed by atoms with van der Waals surface area (Å²) in [6.07, 6.45) is 1.37. The Morgan fingerprint density at radius 2 is 2.05 bits per heavy atom. The van der Waals surface area contributed by atoms with Crippen LogP contribution in [0.4, 0.5) is 0 Å². The van der Waals surface area contributed by atoms with Crippen molar-refractivity contribution in [1.29, 1.82) is 0 Å². The molecule has 0 radical (unpaired) electrons. The molecule has 1 aromatic heterocycles. The zero-order valence-electron chi connectivity index (χ0n) is 11.9. The van der Waals surface area contributed by atoms with Gasteiger partial charge in [0.25, 0.3) is 0 Å². The number of nitrogens with zero attached hydrogens (tertiary/aromatic N) is 2. The van der Waals surface area contributed by atoms with E-state index >= 15 is 0 Å². The summed E-state index contributed by atoms with van der Waals surface area (Å²) in [5.41, 5.74) is 1.64. The molecule has 0 bridgehead atoms. The van der Waals surface area contributed by atoms with Gasteiger partial charge in [0.1, 0.15) is 12.4 Å². The molecule has 1 heterocycles. The average molecular weight is 339 g/mol. The number of ether oxygens (including phenoxy) is 1. The van der Waals surface area contributed by atoms with Gasteiger partial charge in [-0.3, -0.25) is 4.68 Å². The molecule has 108 valence electrons. The first-order valence-corrected chi connectivity index (χ1v) is 7.41. The lowest BCUT2D eigenvalue weighted by atomic mass is 10.1. The molecule has 20 heavy (non-hydrogen) atoms. The Morgan fingerprint density at radius 3 is 2.65 bits per heavy atom. The van der Waals surface area contributed by atoms with Crippen LogP contribution in [0, 0.1) is 0 Å². The predicted molar refractivity (Wildman–Crippen MR) is 81.7 cm³/mol. The van der Waals surface area contributed by atoms with Crippen LogP contribution >= 0.6 is 15.9 Å². The summed E-state index contributed by atoms with van der Waals surface area (Å²) in [6, 6.07) is 7.90. The van der Waals surface area contributed by atoms with E-state index in [9.17, 15) is 5.11 Å². The molecule has 0 spiro atoms. The third-order valence-electron chi connectivity index (χ3n) is 2.99. The van der Waals surface area contributed by atoms with Gasteiger partial charge in [0, 0.05) is 22.3 Å². The average Bonchev–Trinajstić information content (AvgIpc) is 2.86. The monoisotopic (exact) mass is 338 g/mol. The molecule has 2 aromatic rings. The molecule has 2 rings (SSSR count). The quantitative estimate of drug-likeness (QED) is 0.900. The molecule has 0 aliphatic heterocycles. The lowest BCUT2D eigenvalue weighted by Gasteiger charge is -2.13. The van der Waals surface area contributed by atoms with Gasteiger partial charge in [-0.15, -0.1) is 0 Å². The lowest BCUT2D eigenvalue weighted by Crippen LogP contribution is -2.04. The van der Waals surface area contributed by atoms with Crippen LogP contribution in [-0.2, 0) is 6.61 Å². The standard InChI is InChI=1S/C15H19BrN2O2/c1-10(2)18-7-6-13(17-18)9-20-15-5-4-12(16)8-14(15)11(3)19/h4-8,10-11,19H,9H2,1-3H3. The highest BCUT2D eigenvalue weighted by molar-refractivity contribution is 9.10. The molecule has 4 nitrogen and oxygen atoms in total. The van der Waals surface area contributed by atoms with Crippen LogP contribution in [0.3, 0.4) is 0 Å². The molecule has 5 heteroatoms. The van der Waals surface area contributed by atoms with E-state index in [0.717, 1.165) is 15.7 Å². The highest BCUT2D eigenvalue weighted by Crippen LogP contribution is 2.29. The van der Waals surface area contributed by atoms with Crippen LogP contribution < -0.4 is 4.74 Å². The molecule has 1 N–H and O–H groups in total. The van der Waals surface area contributed by atoms with Crippen molar-refractivity contribution in [2.45, 2.75) is 39.5 Å². The van der Waals surface area contributed by atoms with E-state index in [1.54, 1.807) is 6.92 Å². The first-order chi connectivity index (χ1) is 9.47. The van der Waals surface area contributed by atoms with Gasteiger partial charge in [-0.25, -0.2) is 0 Å². The van der Waals surface area contributed by atoms with Gasteiger partial charge in [-0.1, -0.05) is 15.9 Å². The Kier molecular flexibility index (Phi) is 4.83. The Morgan fingerprint density at radius 1 is 1.30 bits per heavy atom. The second-order valence-electron chi connectivity index (χ2n) is 5.03. The van der Waals surface area contributed by atoms with Gasteiger partial charge < -0.3 is 9.84 Å². The summed E-state index contributed by atoms with van der Waals surface area (Å²) < 4.78 is 8.60. The second-order valence-corrected chi connectivity index (χ2v) is 5.94. The summed E-state index contributed by atoms with van der Waals surface area (Å²) in [4.78, 5) is 0. The Bertz CT molecular complexity index is 579. The number of hydrogen-bond donors (Lipinski definition) is 1. The van der Waals surface area contributed by atoms with Crippen molar-refractivity contribution in [2.75, 3.05) is 0 Å². The van der Waals surface area contributed by atoms with Crippen molar-refractivity contribution < 1.29 is 9.84 Å². The molecule has 0 aliphatic rings. The molecule has 1 aromatic carbocycles. The SMILES string of the molecule is CC(O)c1cc(Br)ccc1OCc1ccn(C(C)C)n1. The van der Waals surface area contributed by atoms with Crippen LogP contribution in [0.25, 0.3) is 0 Å². The van der Waals surface area contributed by atoms with Gasteiger partial charge >= 0.3 is 0 Å². The number of hydrogen-bond acceptors (Lipinski definition) is 3. The maximum Gasteiger partial charge on any atom is 0.132 e. The van der Waals surface area contributed by atoms with Crippen molar-refractivity contribution in [3.8, 4) is 5.75 Å². The third-order valence-corrected chi connectivity index (χ3v) is 3.48. The molecule has 0 fully saturated rings. The summed E-state index contributed by atoms with van der Waals surface area (Å²) in [5.74, 6) is 0.683. The predicted octanol–water partition coefficient (Wildman–Crippen LogP) is 3.86. The topological polar surface area (TPSA) is 47.3 Å². The Labute approximate surface area is 127 Å². The van der Waals surface area contributed by atoms with Crippen LogP contribution in [0.2, 0.25) is 0 Å². The minimum absolute atomic E-state index is 0.337. The van der Waals surface area contributed by atoms with E-state index < -0.39 is 6.10 Å². The largest absolute Gasteiger partial charge is 0.487 e. The van der Waals surface area contributed by atoms with Crippen molar-refractivity contribution in [3.63, 3.8) is 0 Å². The molecule has 0 amide bonds. The smallest absolute Gasteiger partial charge is 0.132 e. The molecule has 0 aliphatic carbocycles. The molecule has 1 atom stereocenters. The third kappa shape index (κ3) is 3.61. The fourth-order valence-electron chi connectivity index (χ4n) is 1.87. The van der Waals surface area contributed by atoms with Crippen molar-refractivity contribution in [1.82, 2.24) is 9.78 Å². The first-order valence-electron chi connectivity index (χ1n) is 6.61. The van der Waals surface area contributed by atoms with Crippen molar-refractivity contribution in [3.05, 3.63) is 46.2 Å². The van der Waals surface area contributed by atoms with Crippen LogP contribution in [0.15, 0.2) is 34.9 Å². The van der Waals surface area contributed by atoms with E-state index in [1.807, 2.05) is 35.1 Å². The van der Waals surface area contributed by atoms with E-state index in [2.05, 4.69) is 34.9 Å². The number of aliphatic hydroxyl groups is 1. The van der Waals surface area contributed by atoms with Gasteiger partial charge in [0.15, 0.2) is 0 Å². The van der Waals surface area contributed by atoms with E-state index in [1.165, 1.54) is 0 Å². The molecular weight excluding hydrogens is 320 g/mol. The minimum Gasteiger partial charge on any atom is -0.487 e. The van der Waals surface area contributed by atoms with Gasteiger partial charge in [-0.2, -0.15) is 5.10 Å². The number of rotatable bonds is 5. The zero-order valence-corrected chi connectivity index (χ0v) is 13.5. The molecular formula is C15H19BrN2O2. The zero-order chi connectivity index (χ0) is 14.7. The van der Waals surface area contributed by atoms with Crippen molar-refractivity contribution >= 4 is 15.9 Å². The van der Waals surface area contributed by atoms with E-state index in [0.29, 0.717) is 18.4 Å². The summed E-state index contributed by atoms with van der Waals surface area (Å²) >= 11 is 3.40. The first kappa shape index (κ1) is 15.1. The van der Waals surface area contributed by atoms with E-state index in [4.69, 9.17) is 4.74 Å². The fraction of sp³-hybridized carbons (Fsp3) is 0.400. The maximum absolute atomic E-state index is 9.78. The van der Waals surface area contributed by atoms with Crippen LogP contribution in [0.5, 0.6) is 5.75 Å². The highest BCUT2D eigenvalue weighted by Gasteiger charge is 2.11. The number of aliphatic hydroxyl groups excluding tert-OH is 1. The highest BCUT2D eigenvalue weighted by atomic mass is 79.9. The van der Waals surface area contributed by atoms with Crippen molar-refractivity contribution in [2.24, 2.45) is 0 Å².